The highest BCUT2D eigenvalue weighted by molar-refractivity contribution is 5.96. The van der Waals surface area contributed by atoms with E-state index in [1.165, 1.54) is 0 Å². The number of carbonyl (C=O) groups is 1. The van der Waals surface area contributed by atoms with Crippen LogP contribution in [-0.2, 0) is 0 Å². The first-order valence-electron chi connectivity index (χ1n) is 4.88. The summed E-state index contributed by atoms with van der Waals surface area (Å²) < 4.78 is 0. The molecule has 1 aliphatic heterocycles. The van der Waals surface area contributed by atoms with Crippen molar-refractivity contribution in [3.05, 3.63) is 24.3 Å². The Morgan fingerprint density at radius 2 is 2.20 bits per heavy atom. The standard InChI is InChI=1S/C11H14N2O2/c1-11(2)7-12-10(15)13(11)8-4-3-5-9(14)6-8/h3-6,14H,7H2,1-2H3,(H,12,15). The molecule has 0 atom stereocenters. The maximum atomic E-state index is 11.6. The SMILES string of the molecule is CC1(C)CNC(=O)N1c1cccc(O)c1. The van der Waals surface area contributed by atoms with Crippen LogP contribution in [0.3, 0.4) is 0 Å². The van der Waals surface area contributed by atoms with E-state index in [1.54, 1.807) is 23.1 Å². The fourth-order valence-corrected chi connectivity index (χ4v) is 1.82. The molecule has 1 saturated heterocycles. The van der Waals surface area contributed by atoms with Gasteiger partial charge in [0.1, 0.15) is 5.75 Å². The van der Waals surface area contributed by atoms with Gasteiger partial charge in [-0.1, -0.05) is 6.07 Å². The van der Waals surface area contributed by atoms with Crippen molar-refractivity contribution in [3.63, 3.8) is 0 Å². The highest BCUT2D eigenvalue weighted by Gasteiger charge is 2.38. The molecule has 15 heavy (non-hydrogen) atoms. The van der Waals surface area contributed by atoms with Gasteiger partial charge >= 0.3 is 6.03 Å². The Bertz CT molecular complexity index is 401. The molecule has 2 amide bonds. The van der Waals surface area contributed by atoms with E-state index in [0.29, 0.717) is 6.54 Å². The van der Waals surface area contributed by atoms with Crippen LogP contribution in [-0.4, -0.2) is 23.2 Å². The number of phenols is 1. The topological polar surface area (TPSA) is 52.6 Å². The average Bonchev–Trinajstić information content (AvgIpc) is 2.40. The molecule has 1 aromatic rings. The van der Waals surface area contributed by atoms with Crippen molar-refractivity contribution in [1.29, 1.82) is 0 Å². The summed E-state index contributed by atoms with van der Waals surface area (Å²) in [5.74, 6) is 0.169. The van der Waals surface area contributed by atoms with Gasteiger partial charge < -0.3 is 10.4 Å². The predicted octanol–water partition coefficient (Wildman–Crippen LogP) is 1.70. The number of benzene rings is 1. The van der Waals surface area contributed by atoms with Gasteiger partial charge in [-0.25, -0.2) is 4.79 Å². The lowest BCUT2D eigenvalue weighted by Crippen LogP contribution is -2.42. The number of hydrogen-bond acceptors (Lipinski definition) is 2. The summed E-state index contributed by atoms with van der Waals surface area (Å²) in [7, 11) is 0. The molecule has 0 saturated carbocycles. The highest BCUT2D eigenvalue weighted by Crippen LogP contribution is 2.29. The number of urea groups is 1. The van der Waals surface area contributed by atoms with E-state index in [1.807, 2.05) is 19.9 Å². The number of amides is 2. The third-order valence-corrected chi connectivity index (χ3v) is 2.57. The molecule has 1 aliphatic rings. The number of nitrogens with zero attached hydrogens (tertiary/aromatic N) is 1. The number of carbonyl (C=O) groups excluding carboxylic acids is 1. The second-order valence-electron chi connectivity index (χ2n) is 4.33. The maximum absolute atomic E-state index is 11.6. The number of anilines is 1. The Morgan fingerprint density at radius 1 is 1.47 bits per heavy atom. The van der Waals surface area contributed by atoms with Crippen LogP contribution in [0, 0.1) is 0 Å². The minimum Gasteiger partial charge on any atom is -0.508 e. The second kappa shape index (κ2) is 3.15. The lowest BCUT2D eigenvalue weighted by Gasteiger charge is -2.29. The highest BCUT2D eigenvalue weighted by atomic mass is 16.3. The zero-order chi connectivity index (χ0) is 11.1. The average molecular weight is 206 g/mol. The van der Waals surface area contributed by atoms with Gasteiger partial charge in [0.25, 0.3) is 0 Å². The fourth-order valence-electron chi connectivity index (χ4n) is 1.82. The van der Waals surface area contributed by atoms with Crippen LogP contribution >= 0.6 is 0 Å². The molecular weight excluding hydrogens is 192 g/mol. The van der Waals surface area contributed by atoms with E-state index in [0.717, 1.165) is 5.69 Å². The van der Waals surface area contributed by atoms with E-state index in [4.69, 9.17) is 0 Å². The van der Waals surface area contributed by atoms with Crippen LogP contribution in [0.25, 0.3) is 0 Å². The summed E-state index contributed by atoms with van der Waals surface area (Å²) >= 11 is 0. The zero-order valence-corrected chi connectivity index (χ0v) is 8.82. The van der Waals surface area contributed by atoms with Crippen molar-refractivity contribution in [2.75, 3.05) is 11.4 Å². The number of phenolic OH excluding ortho intramolecular Hbond substituents is 1. The smallest absolute Gasteiger partial charge is 0.322 e. The Labute approximate surface area is 88.5 Å². The molecule has 4 heteroatoms. The van der Waals surface area contributed by atoms with Gasteiger partial charge in [-0.2, -0.15) is 0 Å². The molecule has 2 rings (SSSR count). The van der Waals surface area contributed by atoms with Crippen LogP contribution < -0.4 is 10.2 Å². The van der Waals surface area contributed by atoms with Crippen LogP contribution in [0.1, 0.15) is 13.8 Å². The Morgan fingerprint density at radius 3 is 2.73 bits per heavy atom. The number of rotatable bonds is 1. The van der Waals surface area contributed by atoms with E-state index in [-0.39, 0.29) is 17.3 Å². The summed E-state index contributed by atoms with van der Waals surface area (Å²) in [6.07, 6.45) is 0. The van der Waals surface area contributed by atoms with Gasteiger partial charge in [0.05, 0.1) is 5.54 Å². The van der Waals surface area contributed by atoms with Crippen molar-refractivity contribution in [1.82, 2.24) is 5.32 Å². The van der Waals surface area contributed by atoms with Gasteiger partial charge in [0, 0.05) is 18.3 Å². The summed E-state index contributed by atoms with van der Waals surface area (Å²) in [6.45, 7) is 4.57. The monoisotopic (exact) mass is 206 g/mol. The summed E-state index contributed by atoms with van der Waals surface area (Å²) in [5, 5.41) is 12.2. The third-order valence-electron chi connectivity index (χ3n) is 2.57. The predicted molar refractivity (Wildman–Crippen MR) is 58.1 cm³/mol. The molecule has 0 unspecified atom stereocenters. The number of hydrogen-bond donors (Lipinski definition) is 2. The second-order valence-corrected chi connectivity index (χ2v) is 4.33. The van der Waals surface area contributed by atoms with Crippen molar-refractivity contribution >= 4 is 11.7 Å². The van der Waals surface area contributed by atoms with Crippen LogP contribution in [0.5, 0.6) is 5.75 Å². The first-order valence-corrected chi connectivity index (χ1v) is 4.88. The molecule has 0 aromatic heterocycles. The summed E-state index contributed by atoms with van der Waals surface area (Å²) in [6, 6.07) is 6.60. The van der Waals surface area contributed by atoms with E-state index in [9.17, 15) is 9.90 Å². The van der Waals surface area contributed by atoms with Crippen LogP contribution in [0.4, 0.5) is 10.5 Å². The number of nitrogens with one attached hydrogen (secondary N) is 1. The maximum Gasteiger partial charge on any atom is 0.322 e. The molecule has 0 spiro atoms. The minimum absolute atomic E-state index is 0.120. The van der Waals surface area contributed by atoms with Gasteiger partial charge in [-0.3, -0.25) is 4.90 Å². The minimum atomic E-state index is -0.259. The van der Waals surface area contributed by atoms with Crippen molar-refractivity contribution in [2.24, 2.45) is 0 Å². The normalized spacial score (nSPS) is 19.1. The molecule has 80 valence electrons. The molecule has 1 fully saturated rings. The van der Waals surface area contributed by atoms with Gasteiger partial charge in [0.2, 0.25) is 0 Å². The largest absolute Gasteiger partial charge is 0.508 e. The zero-order valence-electron chi connectivity index (χ0n) is 8.82. The number of aromatic hydroxyl groups is 1. The lowest BCUT2D eigenvalue weighted by atomic mass is 10.0. The molecule has 0 bridgehead atoms. The van der Waals surface area contributed by atoms with Crippen LogP contribution in [0.15, 0.2) is 24.3 Å². The van der Waals surface area contributed by atoms with E-state index < -0.39 is 0 Å². The first-order chi connectivity index (χ1) is 7.00. The van der Waals surface area contributed by atoms with Crippen LogP contribution in [0.2, 0.25) is 0 Å². The Kier molecular flexibility index (Phi) is 2.07. The Hall–Kier alpha value is -1.71. The van der Waals surface area contributed by atoms with Crippen molar-refractivity contribution in [2.45, 2.75) is 19.4 Å². The van der Waals surface area contributed by atoms with Crippen molar-refractivity contribution in [3.8, 4) is 5.75 Å². The quantitative estimate of drug-likeness (QED) is 0.734. The van der Waals surface area contributed by atoms with Gasteiger partial charge in [0.15, 0.2) is 0 Å². The molecule has 0 radical (unpaired) electrons. The van der Waals surface area contributed by atoms with E-state index >= 15 is 0 Å². The van der Waals surface area contributed by atoms with Gasteiger partial charge in [-0.15, -0.1) is 0 Å². The summed E-state index contributed by atoms with van der Waals surface area (Å²) in [5.41, 5.74) is 0.459. The first kappa shape index (κ1) is 9.83. The molecular formula is C11H14N2O2. The molecule has 0 aliphatic carbocycles. The van der Waals surface area contributed by atoms with Gasteiger partial charge in [-0.05, 0) is 26.0 Å². The fraction of sp³-hybridized carbons (Fsp3) is 0.364. The van der Waals surface area contributed by atoms with Crippen molar-refractivity contribution < 1.29 is 9.90 Å². The molecule has 1 heterocycles. The van der Waals surface area contributed by atoms with E-state index in [2.05, 4.69) is 5.32 Å². The summed E-state index contributed by atoms with van der Waals surface area (Å²) in [4.78, 5) is 13.3. The molecule has 4 nitrogen and oxygen atoms in total. The third kappa shape index (κ3) is 1.63. The lowest BCUT2D eigenvalue weighted by molar-refractivity contribution is 0.251. The Balaban J connectivity index is 2.41. The molecule has 2 N–H and O–H groups in total. The molecule has 1 aromatic carbocycles.